The zero-order chi connectivity index (χ0) is 23.2. The Labute approximate surface area is 189 Å². The molecular weight excluding hydrogens is 386 g/mol. The summed E-state index contributed by atoms with van der Waals surface area (Å²) in [6.07, 6.45) is 8.20. The molecule has 0 atom stereocenters. The molecule has 0 aromatic heterocycles. The molecule has 0 bridgehead atoms. The van der Waals surface area contributed by atoms with Crippen LogP contribution in [0.4, 0.5) is 0 Å². The molecule has 0 aliphatic heterocycles. The number of quaternary nitrogens is 1. The summed E-state index contributed by atoms with van der Waals surface area (Å²) in [5.74, 6) is -1.53. The van der Waals surface area contributed by atoms with Crippen molar-refractivity contribution < 1.29 is 19.5 Å². The monoisotopic (exact) mass is 427 g/mol. The lowest BCUT2D eigenvalue weighted by atomic mass is 9.86. The second-order valence-corrected chi connectivity index (χ2v) is 8.58. The average molecular weight is 428 g/mol. The molecule has 0 heterocycles. The summed E-state index contributed by atoms with van der Waals surface area (Å²) >= 11 is 0. The van der Waals surface area contributed by atoms with E-state index in [1.165, 1.54) is 62.6 Å². The number of hydrogen-bond donors (Lipinski definition) is 1. The van der Waals surface area contributed by atoms with Gasteiger partial charge in [-0.3, -0.25) is 0 Å². The smallest absolute Gasteiger partial charge is 0.154 e. The molecule has 0 saturated heterocycles. The van der Waals surface area contributed by atoms with Crippen molar-refractivity contribution in [2.75, 3.05) is 26.7 Å². The molecule has 31 heavy (non-hydrogen) atoms. The predicted octanol–water partition coefficient (Wildman–Crippen LogP) is 4.51. The first-order chi connectivity index (χ1) is 14.8. The topological polar surface area (TPSA) is 60.4 Å². The second-order valence-electron chi connectivity index (χ2n) is 8.58. The Kier molecular flexibility index (Phi) is 12.1. The summed E-state index contributed by atoms with van der Waals surface area (Å²) in [6, 6.07) is 16.4. The third kappa shape index (κ3) is 8.47. The van der Waals surface area contributed by atoms with Crippen LogP contribution in [0.15, 0.2) is 60.7 Å². The molecule has 0 amide bonds. The minimum absolute atomic E-state index is 0.284. The number of hydrogen-bond acceptors (Lipinski definition) is 3. The van der Waals surface area contributed by atoms with Crippen LogP contribution in [0, 0.1) is 0 Å². The number of aliphatic hydroxyl groups is 1. The van der Waals surface area contributed by atoms with Crippen LogP contribution in [-0.2, 0) is 10.4 Å². The third-order valence-electron chi connectivity index (χ3n) is 5.83. The maximum Gasteiger partial charge on any atom is 0.154 e. The Hall–Kier alpha value is -2.17. The lowest BCUT2D eigenvalue weighted by Crippen LogP contribution is -2.46. The Balaban J connectivity index is 0.000000318. The Bertz CT molecular complexity index is 669. The number of carboxylic acid groups (broad SMARTS) is 1. The summed E-state index contributed by atoms with van der Waals surface area (Å²) in [6.45, 7) is 11.0. The summed E-state index contributed by atoms with van der Waals surface area (Å²) < 4.78 is 1.32. The first-order valence-corrected chi connectivity index (χ1v) is 11.7. The van der Waals surface area contributed by atoms with Crippen LogP contribution in [0.25, 0.3) is 0 Å². The standard InChI is InChI=1S/C14H12O3.C13H30N/c15-13(16)14(17,11-7-3-1-4-8-11)12-9-5-2-6-10-12;1-5-8-11-14(4,12-9-6-2)13-10-7-3/h1-10,17H,(H,15,16);5-13H2,1-4H3/q;+1/p-1. The molecule has 0 aliphatic rings. The van der Waals surface area contributed by atoms with E-state index < -0.39 is 11.6 Å². The lowest BCUT2D eigenvalue weighted by molar-refractivity contribution is -0.910. The van der Waals surface area contributed by atoms with Crippen LogP contribution in [0.1, 0.15) is 70.4 Å². The van der Waals surface area contributed by atoms with E-state index in [0.717, 1.165) is 0 Å². The largest absolute Gasteiger partial charge is 0.546 e. The van der Waals surface area contributed by atoms with E-state index >= 15 is 0 Å². The number of rotatable bonds is 12. The second kappa shape index (κ2) is 14.0. The molecule has 172 valence electrons. The molecule has 1 N–H and O–H groups in total. The van der Waals surface area contributed by atoms with E-state index in [0.29, 0.717) is 0 Å². The van der Waals surface area contributed by atoms with Crippen molar-refractivity contribution in [3.05, 3.63) is 71.8 Å². The summed E-state index contributed by atoms with van der Waals surface area (Å²) in [7, 11) is 2.45. The summed E-state index contributed by atoms with van der Waals surface area (Å²) in [5.41, 5.74) is -1.54. The van der Waals surface area contributed by atoms with E-state index in [9.17, 15) is 15.0 Å². The van der Waals surface area contributed by atoms with E-state index in [4.69, 9.17) is 0 Å². The highest BCUT2D eigenvalue weighted by Crippen LogP contribution is 2.28. The number of carbonyl (C=O) groups excluding carboxylic acids is 1. The van der Waals surface area contributed by atoms with Crippen LogP contribution in [0.2, 0.25) is 0 Å². The zero-order valence-corrected chi connectivity index (χ0v) is 19.8. The molecular formula is C27H41NO3. The highest BCUT2D eigenvalue weighted by molar-refractivity contribution is 5.81. The lowest BCUT2D eigenvalue weighted by Gasteiger charge is -2.34. The van der Waals surface area contributed by atoms with E-state index in [1.54, 1.807) is 60.7 Å². The Morgan fingerprint density at radius 3 is 1.35 bits per heavy atom. The first-order valence-electron chi connectivity index (χ1n) is 11.7. The minimum Gasteiger partial charge on any atom is -0.546 e. The van der Waals surface area contributed by atoms with Gasteiger partial charge in [0.15, 0.2) is 5.60 Å². The van der Waals surface area contributed by atoms with Crippen molar-refractivity contribution in [3.8, 4) is 0 Å². The molecule has 2 rings (SSSR count). The van der Waals surface area contributed by atoms with Gasteiger partial charge in [0.25, 0.3) is 0 Å². The zero-order valence-electron chi connectivity index (χ0n) is 19.8. The van der Waals surface area contributed by atoms with Crippen LogP contribution in [0.3, 0.4) is 0 Å². The van der Waals surface area contributed by atoms with Gasteiger partial charge in [0.2, 0.25) is 0 Å². The van der Waals surface area contributed by atoms with Crippen LogP contribution >= 0.6 is 0 Å². The van der Waals surface area contributed by atoms with E-state index in [-0.39, 0.29) is 11.1 Å². The third-order valence-corrected chi connectivity index (χ3v) is 5.83. The van der Waals surface area contributed by atoms with Gasteiger partial charge in [-0.15, -0.1) is 0 Å². The number of nitrogens with zero attached hydrogens (tertiary/aromatic N) is 1. The highest BCUT2D eigenvalue weighted by atomic mass is 16.4. The number of unbranched alkanes of at least 4 members (excludes halogenated alkanes) is 3. The van der Waals surface area contributed by atoms with Gasteiger partial charge in [0, 0.05) is 0 Å². The van der Waals surface area contributed by atoms with Crippen molar-refractivity contribution in [3.63, 3.8) is 0 Å². The number of carboxylic acids is 1. The molecule has 0 unspecified atom stereocenters. The SMILES string of the molecule is CCCC[N+](C)(CCCC)CCCC.O=C([O-])C(O)(c1ccccc1)c1ccccc1. The van der Waals surface area contributed by atoms with Gasteiger partial charge in [0.05, 0.1) is 32.7 Å². The molecule has 0 aliphatic carbocycles. The minimum atomic E-state index is -2.11. The van der Waals surface area contributed by atoms with Crippen LogP contribution in [0.5, 0.6) is 0 Å². The van der Waals surface area contributed by atoms with Gasteiger partial charge >= 0.3 is 0 Å². The normalized spacial score (nSPS) is 11.5. The number of benzene rings is 2. The maximum atomic E-state index is 11.3. The predicted molar refractivity (Wildman–Crippen MR) is 126 cm³/mol. The molecule has 2 aromatic rings. The summed E-state index contributed by atoms with van der Waals surface area (Å²) in [4.78, 5) is 11.3. The fraction of sp³-hybridized carbons (Fsp3) is 0.519. The van der Waals surface area contributed by atoms with Gasteiger partial charge in [-0.2, -0.15) is 0 Å². The average Bonchev–Trinajstić information content (AvgIpc) is 2.81. The highest BCUT2D eigenvalue weighted by Gasteiger charge is 2.32. The quantitative estimate of drug-likeness (QED) is 0.507. The fourth-order valence-electron chi connectivity index (χ4n) is 3.72. The van der Waals surface area contributed by atoms with Gasteiger partial charge in [-0.25, -0.2) is 0 Å². The molecule has 0 spiro atoms. The van der Waals surface area contributed by atoms with E-state index in [1.807, 2.05) is 0 Å². The summed E-state index contributed by atoms with van der Waals surface area (Å²) in [5, 5.41) is 21.6. The molecule has 0 radical (unpaired) electrons. The van der Waals surface area contributed by atoms with Gasteiger partial charge < -0.3 is 19.5 Å². The maximum absolute atomic E-state index is 11.3. The number of carbonyl (C=O) groups is 1. The Morgan fingerprint density at radius 2 is 1.10 bits per heavy atom. The Morgan fingerprint density at radius 1 is 0.774 bits per heavy atom. The van der Waals surface area contributed by atoms with Gasteiger partial charge in [0.1, 0.15) is 0 Å². The number of aliphatic carboxylic acids is 1. The van der Waals surface area contributed by atoms with Crippen molar-refractivity contribution in [1.82, 2.24) is 0 Å². The van der Waals surface area contributed by atoms with Crippen molar-refractivity contribution >= 4 is 5.97 Å². The van der Waals surface area contributed by atoms with Crippen molar-refractivity contribution in [2.24, 2.45) is 0 Å². The molecule has 0 saturated carbocycles. The molecule has 0 fully saturated rings. The van der Waals surface area contributed by atoms with Gasteiger partial charge in [-0.1, -0.05) is 101 Å². The fourth-order valence-corrected chi connectivity index (χ4v) is 3.72. The van der Waals surface area contributed by atoms with E-state index in [2.05, 4.69) is 27.8 Å². The molecule has 4 nitrogen and oxygen atoms in total. The van der Waals surface area contributed by atoms with Crippen molar-refractivity contribution in [1.29, 1.82) is 0 Å². The van der Waals surface area contributed by atoms with Crippen molar-refractivity contribution in [2.45, 2.75) is 64.9 Å². The van der Waals surface area contributed by atoms with Gasteiger partial charge in [-0.05, 0) is 30.4 Å². The van der Waals surface area contributed by atoms with Crippen LogP contribution < -0.4 is 5.11 Å². The molecule has 2 aromatic carbocycles. The molecule has 4 heteroatoms. The first kappa shape index (κ1) is 26.9. The van der Waals surface area contributed by atoms with Crippen LogP contribution in [-0.4, -0.2) is 42.2 Å².